The second-order valence-electron chi connectivity index (χ2n) is 4.62. The van der Waals surface area contributed by atoms with Gasteiger partial charge in [0.05, 0.1) is 13.2 Å². The predicted molar refractivity (Wildman–Crippen MR) is 73.1 cm³/mol. The van der Waals surface area contributed by atoms with E-state index in [0.717, 1.165) is 24.2 Å². The molecule has 0 saturated heterocycles. The molecule has 0 aromatic heterocycles. The minimum Gasteiger partial charge on any atom is -0.466 e. The van der Waals surface area contributed by atoms with Crippen LogP contribution in [0, 0.1) is 0 Å². The van der Waals surface area contributed by atoms with Crippen LogP contribution < -0.4 is 0 Å². The van der Waals surface area contributed by atoms with Crippen molar-refractivity contribution in [3.05, 3.63) is 23.5 Å². The zero-order valence-corrected chi connectivity index (χ0v) is 13.3. The van der Waals surface area contributed by atoms with Gasteiger partial charge in [-0.2, -0.15) is 21.6 Å². The molecular formula is C12H14F3NO7S. The van der Waals surface area contributed by atoms with E-state index in [0.29, 0.717) is 0 Å². The topological polar surface area (TPSA) is 110 Å². The first-order chi connectivity index (χ1) is 10.9. The van der Waals surface area contributed by atoms with Gasteiger partial charge in [0.1, 0.15) is 5.76 Å². The second kappa shape index (κ2) is 7.11. The van der Waals surface area contributed by atoms with Crippen LogP contribution in [0.2, 0.25) is 0 Å². The first-order valence-electron chi connectivity index (χ1n) is 6.40. The maximum atomic E-state index is 12.5. The van der Waals surface area contributed by atoms with Crippen LogP contribution in [0.4, 0.5) is 18.0 Å². The quantitative estimate of drug-likeness (QED) is 0.345. The van der Waals surface area contributed by atoms with Crippen molar-refractivity contribution in [3.8, 4) is 0 Å². The summed E-state index contributed by atoms with van der Waals surface area (Å²) >= 11 is 0. The molecule has 1 atom stereocenters. The van der Waals surface area contributed by atoms with Crippen LogP contribution in [-0.4, -0.2) is 55.7 Å². The number of methoxy groups -OCH3 is 1. The third-order valence-corrected chi connectivity index (χ3v) is 4.15. The maximum Gasteiger partial charge on any atom is 0.534 e. The van der Waals surface area contributed by atoms with E-state index in [1.54, 1.807) is 0 Å². The number of carboxylic acid groups (broad SMARTS) is 1. The largest absolute Gasteiger partial charge is 0.534 e. The number of halogens is 3. The average molecular weight is 373 g/mol. The standard InChI is InChI=1S/C12H14F3NO7S/c1-7-8(3-4-10(17)22-2)9(5-6-16(7)11(18)19)23-24(20,21)12(13,14)15/h3-4,7H,5-6H2,1-2H3,(H,18,19). The molecule has 0 bridgehead atoms. The van der Waals surface area contributed by atoms with Gasteiger partial charge in [-0.1, -0.05) is 0 Å². The van der Waals surface area contributed by atoms with Crippen molar-refractivity contribution in [3.63, 3.8) is 0 Å². The summed E-state index contributed by atoms with van der Waals surface area (Å²) in [4.78, 5) is 23.1. The average Bonchev–Trinajstić information content (AvgIpc) is 2.44. The fourth-order valence-electron chi connectivity index (χ4n) is 1.95. The third kappa shape index (κ3) is 4.40. The van der Waals surface area contributed by atoms with E-state index in [2.05, 4.69) is 8.92 Å². The number of rotatable bonds is 4. The van der Waals surface area contributed by atoms with Crippen LogP contribution in [0.5, 0.6) is 0 Å². The summed E-state index contributed by atoms with van der Waals surface area (Å²) in [5, 5.41) is 9.05. The minimum absolute atomic E-state index is 0.193. The molecule has 0 aromatic carbocycles. The van der Waals surface area contributed by atoms with Crippen LogP contribution in [0.1, 0.15) is 13.3 Å². The molecule has 1 aliphatic heterocycles. The number of carbonyl (C=O) groups is 2. The molecule has 0 radical (unpaired) electrons. The van der Waals surface area contributed by atoms with Gasteiger partial charge in [-0.25, -0.2) is 9.59 Å². The lowest BCUT2D eigenvalue weighted by Crippen LogP contribution is -2.43. The highest BCUT2D eigenvalue weighted by molar-refractivity contribution is 7.87. The normalized spacial score (nSPS) is 19.5. The van der Waals surface area contributed by atoms with E-state index in [1.807, 2.05) is 0 Å². The van der Waals surface area contributed by atoms with Gasteiger partial charge in [-0.15, -0.1) is 0 Å². The summed E-state index contributed by atoms with van der Waals surface area (Å²) < 4.78 is 68.1. The smallest absolute Gasteiger partial charge is 0.466 e. The number of esters is 1. The Kier molecular flexibility index (Phi) is 5.87. The van der Waals surface area contributed by atoms with Crippen molar-refractivity contribution in [1.29, 1.82) is 0 Å². The van der Waals surface area contributed by atoms with Gasteiger partial charge in [0.2, 0.25) is 0 Å². The molecule has 1 amide bonds. The number of alkyl halides is 3. The van der Waals surface area contributed by atoms with E-state index in [1.165, 1.54) is 6.92 Å². The van der Waals surface area contributed by atoms with Gasteiger partial charge in [-0.05, 0) is 13.0 Å². The lowest BCUT2D eigenvalue weighted by atomic mass is 9.99. The van der Waals surface area contributed by atoms with Crippen molar-refractivity contribution >= 4 is 22.2 Å². The van der Waals surface area contributed by atoms with Gasteiger partial charge < -0.3 is 18.9 Å². The Morgan fingerprint density at radius 2 is 1.96 bits per heavy atom. The number of amides is 1. The van der Waals surface area contributed by atoms with Crippen molar-refractivity contribution < 1.29 is 45.2 Å². The Hall–Kier alpha value is -2.24. The van der Waals surface area contributed by atoms with E-state index in [9.17, 15) is 31.2 Å². The molecule has 1 N–H and O–H groups in total. The fourth-order valence-corrected chi connectivity index (χ4v) is 2.49. The van der Waals surface area contributed by atoms with E-state index in [4.69, 9.17) is 5.11 Å². The van der Waals surface area contributed by atoms with Crippen LogP contribution in [0.3, 0.4) is 0 Å². The highest BCUT2D eigenvalue weighted by Crippen LogP contribution is 2.32. The van der Waals surface area contributed by atoms with Crippen LogP contribution in [0.25, 0.3) is 0 Å². The molecule has 8 nitrogen and oxygen atoms in total. The molecule has 0 aromatic rings. The van der Waals surface area contributed by atoms with Crippen molar-refractivity contribution in [2.24, 2.45) is 0 Å². The van der Waals surface area contributed by atoms with Crippen molar-refractivity contribution in [2.45, 2.75) is 24.9 Å². The van der Waals surface area contributed by atoms with Crippen molar-refractivity contribution in [1.82, 2.24) is 4.90 Å². The monoisotopic (exact) mass is 373 g/mol. The number of hydrogen-bond acceptors (Lipinski definition) is 6. The molecule has 1 rings (SSSR count). The number of carbonyl (C=O) groups excluding carboxylic acids is 1. The molecule has 0 aliphatic carbocycles. The summed E-state index contributed by atoms with van der Waals surface area (Å²) in [7, 11) is -4.85. The Morgan fingerprint density at radius 1 is 1.38 bits per heavy atom. The molecule has 1 aliphatic rings. The zero-order chi connectivity index (χ0) is 18.7. The Morgan fingerprint density at radius 3 is 2.42 bits per heavy atom. The zero-order valence-electron chi connectivity index (χ0n) is 12.5. The number of ether oxygens (including phenoxy) is 1. The van der Waals surface area contributed by atoms with Crippen molar-refractivity contribution in [2.75, 3.05) is 13.7 Å². The Bertz CT molecular complexity index is 681. The van der Waals surface area contributed by atoms with Crippen LogP contribution in [-0.2, 0) is 23.8 Å². The SMILES string of the molecule is COC(=O)C=CC1=C(OS(=O)(=O)C(F)(F)F)CCN(C(=O)O)C1C. The number of nitrogens with zero attached hydrogens (tertiary/aromatic N) is 1. The lowest BCUT2D eigenvalue weighted by Gasteiger charge is -2.33. The second-order valence-corrected chi connectivity index (χ2v) is 6.16. The molecule has 0 spiro atoms. The molecule has 0 saturated carbocycles. The van der Waals surface area contributed by atoms with Gasteiger partial charge in [0, 0.05) is 24.6 Å². The molecule has 12 heteroatoms. The number of hydrogen-bond donors (Lipinski definition) is 1. The molecule has 1 heterocycles. The summed E-state index contributed by atoms with van der Waals surface area (Å²) in [6.45, 7) is 1.04. The molecule has 24 heavy (non-hydrogen) atoms. The third-order valence-electron chi connectivity index (χ3n) is 3.16. The summed E-state index contributed by atoms with van der Waals surface area (Å²) in [5.74, 6) is -1.45. The van der Waals surface area contributed by atoms with Gasteiger partial charge in [0.25, 0.3) is 0 Å². The van der Waals surface area contributed by atoms with Crippen LogP contribution >= 0.6 is 0 Å². The lowest BCUT2D eigenvalue weighted by molar-refractivity contribution is -0.134. The van der Waals surface area contributed by atoms with E-state index in [-0.39, 0.29) is 12.1 Å². The first-order valence-corrected chi connectivity index (χ1v) is 7.81. The fraction of sp³-hybridized carbons (Fsp3) is 0.500. The Balaban J connectivity index is 3.31. The highest BCUT2D eigenvalue weighted by atomic mass is 32.2. The Labute approximate surface area is 135 Å². The predicted octanol–water partition coefficient (Wildman–Crippen LogP) is 1.61. The van der Waals surface area contributed by atoms with Gasteiger partial charge in [0.15, 0.2) is 0 Å². The minimum atomic E-state index is -5.91. The van der Waals surface area contributed by atoms with E-state index < -0.39 is 45.9 Å². The summed E-state index contributed by atoms with van der Waals surface area (Å²) in [6.07, 6.45) is 0.0181. The van der Waals surface area contributed by atoms with Gasteiger partial charge >= 0.3 is 27.7 Å². The van der Waals surface area contributed by atoms with E-state index >= 15 is 0 Å². The molecule has 136 valence electrons. The van der Waals surface area contributed by atoms with Gasteiger partial charge in [-0.3, -0.25) is 0 Å². The summed E-state index contributed by atoms with van der Waals surface area (Å²) in [6, 6.07) is -1.03. The summed E-state index contributed by atoms with van der Waals surface area (Å²) in [5.41, 5.74) is -5.83. The highest BCUT2D eigenvalue weighted by Gasteiger charge is 2.49. The molecule has 0 fully saturated rings. The maximum absolute atomic E-state index is 12.5. The molecular weight excluding hydrogens is 359 g/mol. The first kappa shape index (κ1) is 19.8. The van der Waals surface area contributed by atoms with Crippen LogP contribution in [0.15, 0.2) is 23.5 Å². The molecule has 1 unspecified atom stereocenters.